The average molecular weight is 557 g/mol. The van der Waals surface area contributed by atoms with Crippen LogP contribution in [-0.4, -0.2) is 86.8 Å². The number of Topliss-reactive ketones (excluding diaryl/α,β-unsaturated/α-hetero) is 1. The lowest BCUT2D eigenvalue weighted by atomic mass is 9.94. The Morgan fingerprint density at radius 2 is 1.73 bits per heavy atom. The van der Waals surface area contributed by atoms with Gasteiger partial charge in [-0.3, -0.25) is 14.5 Å². The van der Waals surface area contributed by atoms with E-state index >= 15 is 0 Å². The number of ether oxygens (including phenoxy) is 4. The Balaban J connectivity index is 1.72. The van der Waals surface area contributed by atoms with Gasteiger partial charge in [-0.05, 0) is 48.7 Å². The molecule has 2 saturated heterocycles. The lowest BCUT2D eigenvalue weighted by molar-refractivity contribution is -0.140. The van der Waals surface area contributed by atoms with Crippen LogP contribution < -0.4 is 14.2 Å². The standard InChI is InChI=1S/C30H37FN2O7/c1-4-5-15-40-24-10-7-20(19-25(24)38-3)27-26(28(34)21-8-9-23(37-2)22(31)18-21)29(35)30(36)33(27)12-6-11-32-13-16-39-17-14-32/h7-10,18-19,27,34H,4-6,11-17H2,1-3H3/b28-26-. The van der Waals surface area contributed by atoms with Gasteiger partial charge in [0.05, 0.1) is 45.7 Å². The Hall–Kier alpha value is -3.63. The minimum Gasteiger partial charge on any atom is -0.507 e. The molecular formula is C30H37FN2O7. The van der Waals surface area contributed by atoms with Gasteiger partial charge in [-0.2, -0.15) is 0 Å². The Labute approximate surface area is 234 Å². The number of carbonyl (C=O) groups excluding carboxylic acids is 2. The Kier molecular flexibility index (Phi) is 10.0. The molecular weight excluding hydrogens is 519 g/mol. The number of methoxy groups -OCH3 is 2. The van der Waals surface area contributed by atoms with Crippen molar-refractivity contribution in [2.45, 2.75) is 32.2 Å². The fourth-order valence-electron chi connectivity index (χ4n) is 5.02. The van der Waals surface area contributed by atoms with Crippen molar-refractivity contribution in [1.29, 1.82) is 0 Å². The van der Waals surface area contributed by atoms with Gasteiger partial charge in [-0.1, -0.05) is 19.4 Å². The van der Waals surface area contributed by atoms with E-state index in [1.54, 1.807) is 18.2 Å². The molecule has 0 aromatic heterocycles. The predicted molar refractivity (Wildman–Crippen MR) is 147 cm³/mol. The normalized spacial score (nSPS) is 19.2. The van der Waals surface area contributed by atoms with Gasteiger partial charge in [0.25, 0.3) is 11.7 Å². The van der Waals surface area contributed by atoms with Gasteiger partial charge in [-0.15, -0.1) is 0 Å². The third kappa shape index (κ3) is 6.39. The third-order valence-corrected chi connectivity index (χ3v) is 7.20. The molecule has 2 aromatic rings. The maximum absolute atomic E-state index is 14.5. The van der Waals surface area contributed by atoms with Crippen LogP contribution in [0.2, 0.25) is 0 Å². The van der Waals surface area contributed by atoms with Crippen LogP contribution in [0.4, 0.5) is 4.39 Å². The highest BCUT2D eigenvalue weighted by Crippen LogP contribution is 2.42. The number of ketones is 1. The van der Waals surface area contributed by atoms with Crippen LogP contribution in [-0.2, 0) is 14.3 Å². The lowest BCUT2D eigenvalue weighted by Gasteiger charge is -2.29. The van der Waals surface area contributed by atoms with E-state index in [9.17, 15) is 19.1 Å². The van der Waals surface area contributed by atoms with E-state index in [0.717, 1.165) is 38.5 Å². The summed E-state index contributed by atoms with van der Waals surface area (Å²) in [5.41, 5.74) is 0.532. The summed E-state index contributed by atoms with van der Waals surface area (Å²) in [7, 11) is 2.86. The summed E-state index contributed by atoms with van der Waals surface area (Å²) in [5, 5.41) is 11.3. The zero-order valence-corrected chi connectivity index (χ0v) is 23.3. The quantitative estimate of drug-likeness (QED) is 0.180. The second kappa shape index (κ2) is 13.6. The van der Waals surface area contributed by atoms with Crippen molar-refractivity contribution in [3.05, 3.63) is 58.9 Å². The maximum atomic E-state index is 14.5. The van der Waals surface area contributed by atoms with Gasteiger partial charge >= 0.3 is 0 Å². The molecule has 2 aromatic carbocycles. The number of likely N-dealkylation sites (tertiary alicyclic amines) is 1. The lowest BCUT2D eigenvalue weighted by Crippen LogP contribution is -2.39. The van der Waals surface area contributed by atoms with Crippen LogP contribution in [0.3, 0.4) is 0 Å². The molecule has 0 radical (unpaired) electrons. The molecule has 9 nitrogen and oxygen atoms in total. The molecule has 1 N–H and O–H groups in total. The highest BCUT2D eigenvalue weighted by Gasteiger charge is 2.46. The zero-order valence-electron chi connectivity index (χ0n) is 23.3. The Morgan fingerprint density at radius 1 is 1.00 bits per heavy atom. The molecule has 2 aliphatic heterocycles. The summed E-state index contributed by atoms with van der Waals surface area (Å²) in [6.45, 7) is 6.55. The van der Waals surface area contributed by atoms with Gasteiger partial charge in [0.15, 0.2) is 23.1 Å². The number of unbranched alkanes of at least 4 members (excludes halogenated alkanes) is 1. The summed E-state index contributed by atoms with van der Waals surface area (Å²) in [5.74, 6) is -1.71. The number of carbonyl (C=O) groups is 2. The minimum absolute atomic E-state index is 0.0000576. The molecule has 0 aliphatic carbocycles. The summed E-state index contributed by atoms with van der Waals surface area (Å²) >= 11 is 0. The van der Waals surface area contributed by atoms with Crippen LogP contribution in [0.25, 0.3) is 5.76 Å². The largest absolute Gasteiger partial charge is 0.507 e. The first-order valence-electron chi connectivity index (χ1n) is 13.6. The van der Waals surface area contributed by atoms with Crippen LogP contribution in [0.15, 0.2) is 42.0 Å². The van der Waals surface area contributed by atoms with Crippen LogP contribution in [0, 0.1) is 5.82 Å². The Bertz CT molecular complexity index is 1240. The van der Waals surface area contributed by atoms with E-state index in [-0.39, 0.29) is 23.4 Å². The highest BCUT2D eigenvalue weighted by molar-refractivity contribution is 6.46. The number of aliphatic hydroxyl groups excluding tert-OH is 1. The number of hydrogen-bond donors (Lipinski definition) is 1. The van der Waals surface area contributed by atoms with Crippen LogP contribution >= 0.6 is 0 Å². The number of rotatable bonds is 12. The fraction of sp³-hybridized carbons (Fsp3) is 0.467. The van der Waals surface area contributed by atoms with Gasteiger partial charge in [0.1, 0.15) is 5.76 Å². The number of amides is 1. The molecule has 1 amide bonds. The second-order valence-corrected chi connectivity index (χ2v) is 9.76. The van der Waals surface area contributed by atoms with Crippen molar-refractivity contribution in [1.82, 2.24) is 9.80 Å². The molecule has 1 atom stereocenters. The molecule has 2 fully saturated rings. The molecule has 10 heteroatoms. The predicted octanol–water partition coefficient (Wildman–Crippen LogP) is 4.17. The van der Waals surface area contributed by atoms with Gasteiger partial charge < -0.3 is 29.0 Å². The summed E-state index contributed by atoms with van der Waals surface area (Å²) in [6.07, 6.45) is 2.48. The van der Waals surface area contributed by atoms with Crippen molar-refractivity contribution in [3.8, 4) is 17.2 Å². The summed E-state index contributed by atoms with van der Waals surface area (Å²) < 4.78 is 36.3. The SMILES string of the molecule is CCCCOc1ccc(C2/C(=C(/O)c3ccc(OC)c(F)c3)C(=O)C(=O)N2CCCN2CCOCC2)cc1OC. The topological polar surface area (TPSA) is 97.8 Å². The van der Waals surface area contributed by atoms with Crippen molar-refractivity contribution >= 4 is 17.4 Å². The summed E-state index contributed by atoms with van der Waals surface area (Å²) in [6, 6.07) is 8.22. The Morgan fingerprint density at radius 3 is 2.40 bits per heavy atom. The molecule has 4 rings (SSSR count). The molecule has 2 heterocycles. The monoisotopic (exact) mass is 556 g/mol. The van der Waals surface area contributed by atoms with E-state index < -0.39 is 29.3 Å². The maximum Gasteiger partial charge on any atom is 0.295 e. The van der Waals surface area contributed by atoms with E-state index in [1.807, 2.05) is 0 Å². The second-order valence-electron chi connectivity index (χ2n) is 9.76. The van der Waals surface area contributed by atoms with E-state index in [4.69, 9.17) is 18.9 Å². The molecule has 0 bridgehead atoms. The van der Waals surface area contributed by atoms with E-state index in [0.29, 0.717) is 43.3 Å². The highest BCUT2D eigenvalue weighted by atomic mass is 19.1. The van der Waals surface area contributed by atoms with Crippen molar-refractivity contribution in [3.63, 3.8) is 0 Å². The average Bonchev–Trinajstić information content (AvgIpc) is 3.22. The van der Waals surface area contributed by atoms with Gasteiger partial charge in [-0.25, -0.2) is 4.39 Å². The number of aliphatic hydroxyl groups is 1. The van der Waals surface area contributed by atoms with Gasteiger partial charge in [0.2, 0.25) is 0 Å². The van der Waals surface area contributed by atoms with E-state index in [1.165, 1.54) is 31.3 Å². The molecule has 0 spiro atoms. The molecule has 216 valence electrons. The third-order valence-electron chi connectivity index (χ3n) is 7.20. The summed E-state index contributed by atoms with van der Waals surface area (Å²) in [4.78, 5) is 30.4. The smallest absolute Gasteiger partial charge is 0.295 e. The zero-order chi connectivity index (χ0) is 28.6. The first-order chi connectivity index (χ1) is 19.4. The van der Waals surface area contributed by atoms with Gasteiger partial charge in [0, 0.05) is 31.7 Å². The number of benzene rings is 2. The number of nitrogens with zero attached hydrogens (tertiary/aromatic N) is 2. The van der Waals surface area contributed by atoms with Crippen molar-refractivity contribution in [2.24, 2.45) is 0 Å². The van der Waals surface area contributed by atoms with Crippen LogP contribution in [0.1, 0.15) is 43.4 Å². The van der Waals surface area contributed by atoms with Crippen molar-refractivity contribution < 1.29 is 38.0 Å². The molecule has 1 unspecified atom stereocenters. The molecule has 40 heavy (non-hydrogen) atoms. The fourth-order valence-corrected chi connectivity index (χ4v) is 5.02. The van der Waals surface area contributed by atoms with E-state index in [2.05, 4.69) is 11.8 Å². The van der Waals surface area contributed by atoms with Crippen LogP contribution in [0.5, 0.6) is 17.2 Å². The molecule has 0 saturated carbocycles. The van der Waals surface area contributed by atoms with Crippen molar-refractivity contribution in [2.75, 3.05) is 60.2 Å². The number of halogens is 1. The molecule has 2 aliphatic rings. The number of hydrogen-bond acceptors (Lipinski definition) is 8. The minimum atomic E-state index is -0.895. The first kappa shape index (κ1) is 29.4. The number of morpholine rings is 1. The first-order valence-corrected chi connectivity index (χ1v) is 13.6.